The largest absolute Gasteiger partial charge is 0.480 e. The first kappa shape index (κ1) is 14.3. The van der Waals surface area contributed by atoms with E-state index in [1.165, 1.54) is 16.7 Å². The summed E-state index contributed by atoms with van der Waals surface area (Å²) >= 11 is 5.81. The van der Waals surface area contributed by atoms with Gasteiger partial charge in [-0.25, -0.2) is 4.79 Å². The van der Waals surface area contributed by atoms with Gasteiger partial charge in [0, 0.05) is 10.6 Å². The molecule has 0 radical (unpaired) electrons. The number of carbonyl (C=O) groups is 2. The predicted molar refractivity (Wildman–Crippen MR) is 77.7 cm³/mol. The molecule has 1 N–H and O–H groups in total. The molecule has 0 saturated carbocycles. The van der Waals surface area contributed by atoms with Crippen LogP contribution in [0.1, 0.15) is 18.4 Å². The quantitative estimate of drug-likeness (QED) is 0.839. The van der Waals surface area contributed by atoms with Crippen LogP contribution in [0, 0.1) is 0 Å². The highest BCUT2D eigenvalue weighted by Gasteiger charge is 2.36. The molecule has 2 atom stereocenters. The molecule has 6 heteroatoms. The van der Waals surface area contributed by atoms with Gasteiger partial charge in [-0.05, 0) is 18.6 Å². The van der Waals surface area contributed by atoms with E-state index >= 15 is 0 Å². The standard InChI is InChI=1S/C13H15NO3S2/c1-8(9-4-2-3-5-11(9)18)12(15)14-7-19-6-10(14)13(16)17/h2-5,8,10,18H,6-7H2,1H3,(H,16,17)/t8?,10-/m0/s1. The van der Waals surface area contributed by atoms with Crippen LogP contribution in [-0.4, -0.2) is 39.6 Å². The van der Waals surface area contributed by atoms with Crippen LogP contribution in [0.25, 0.3) is 0 Å². The van der Waals surface area contributed by atoms with Crippen molar-refractivity contribution in [2.24, 2.45) is 0 Å². The van der Waals surface area contributed by atoms with Gasteiger partial charge in [-0.2, -0.15) is 0 Å². The van der Waals surface area contributed by atoms with Crippen molar-refractivity contribution >= 4 is 36.3 Å². The number of rotatable bonds is 3. The maximum Gasteiger partial charge on any atom is 0.327 e. The molecule has 0 bridgehead atoms. The molecule has 1 aromatic rings. The lowest BCUT2D eigenvalue weighted by atomic mass is 9.99. The van der Waals surface area contributed by atoms with Gasteiger partial charge in [-0.3, -0.25) is 4.79 Å². The van der Waals surface area contributed by atoms with E-state index in [2.05, 4.69) is 12.6 Å². The number of thiol groups is 1. The van der Waals surface area contributed by atoms with E-state index in [0.717, 1.165) is 10.5 Å². The molecule has 1 aliphatic heterocycles. The van der Waals surface area contributed by atoms with E-state index in [1.54, 1.807) is 6.92 Å². The van der Waals surface area contributed by atoms with Crippen molar-refractivity contribution in [3.63, 3.8) is 0 Å². The Bertz CT molecular complexity index is 506. The average molecular weight is 297 g/mol. The minimum Gasteiger partial charge on any atom is -0.480 e. The van der Waals surface area contributed by atoms with Crippen LogP contribution < -0.4 is 0 Å². The lowest BCUT2D eigenvalue weighted by Crippen LogP contribution is -2.43. The Balaban J connectivity index is 2.20. The van der Waals surface area contributed by atoms with Crippen molar-refractivity contribution in [3.8, 4) is 0 Å². The molecule has 1 aliphatic rings. The average Bonchev–Trinajstić information content (AvgIpc) is 2.87. The van der Waals surface area contributed by atoms with Crippen molar-refractivity contribution in [2.75, 3.05) is 11.6 Å². The minimum atomic E-state index is -0.940. The molecule has 1 heterocycles. The van der Waals surface area contributed by atoms with Gasteiger partial charge in [0.1, 0.15) is 6.04 Å². The molecule has 1 aromatic carbocycles. The summed E-state index contributed by atoms with van der Waals surface area (Å²) in [6.45, 7) is 1.79. The normalized spacial score (nSPS) is 20.3. The second kappa shape index (κ2) is 5.88. The van der Waals surface area contributed by atoms with E-state index in [4.69, 9.17) is 5.11 Å². The summed E-state index contributed by atoms with van der Waals surface area (Å²) in [4.78, 5) is 25.7. The minimum absolute atomic E-state index is 0.154. The summed E-state index contributed by atoms with van der Waals surface area (Å²) in [5.74, 6) is -0.580. The molecule has 0 aliphatic carbocycles. The molecule has 2 rings (SSSR count). The maximum absolute atomic E-state index is 12.4. The molecule has 1 saturated heterocycles. The SMILES string of the molecule is CC(C(=O)N1CSC[C@H]1C(=O)O)c1ccccc1S. The topological polar surface area (TPSA) is 57.6 Å². The van der Waals surface area contributed by atoms with Crippen LogP contribution in [0.5, 0.6) is 0 Å². The first-order valence-electron chi connectivity index (χ1n) is 5.91. The summed E-state index contributed by atoms with van der Waals surface area (Å²) < 4.78 is 0. The number of thioether (sulfide) groups is 1. The van der Waals surface area contributed by atoms with Crippen LogP contribution in [0.15, 0.2) is 29.2 Å². The van der Waals surface area contributed by atoms with Crippen molar-refractivity contribution in [1.29, 1.82) is 0 Å². The first-order chi connectivity index (χ1) is 9.02. The second-order valence-electron chi connectivity index (χ2n) is 4.44. The number of amides is 1. The van der Waals surface area contributed by atoms with Gasteiger partial charge in [0.25, 0.3) is 0 Å². The number of aliphatic carboxylic acids is 1. The third-order valence-corrected chi connectivity index (χ3v) is 4.64. The molecule has 0 spiro atoms. The Kier molecular flexibility index (Phi) is 4.42. The van der Waals surface area contributed by atoms with Crippen molar-refractivity contribution in [3.05, 3.63) is 29.8 Å². The molecule has 0 aromatic heterocycles. The van der Waals surface area contributed by atoms with Crippen LogP contribution in [0.4, 0.5) is 0 Å². The fourth-order valence-corrected chi connectivity index (χ4v) is 3.61. The van der Waals surface area contributed by atoms with E-state index in [-0.39, 0.29) is 11.8 Å². The molecular weight excluding hydrogens is 282 g/mol. The molecule has 1 unspecified atom stereocenters. The van der Waals surface area contributed by atoms with E-state index in [0.29, 0.717) is 11.6 Å². The maximum atomic E-state index is 12.4. The lowest BCUT2D eigenvalue weighted by molar-refractivity contribution is -0.148. The molecule has 19 heavy (non-hydrogen) atoms. The van der Waals surface area contributed by atoms with Crippen molar-refractivity contribution < 1.29 is 14.7 Å². The van der Waals surface area contributed by atoms with Gasteiger partial charge in [-0.15, -0.1) is 24.4 Å². The Morgan fingerprint density at radius 1 is 1.47 bits per heavy atom. The number of hydrogen-bond donors (Lipinski definition) is 2. The summed E-state index contributed by atoms with van der Waals surface area (Å²) in [6, 6.07) is 6.67. The second-order valence-corrected chi connectivity index (χ2v) is 5.92. The van der Waals surface area contributed by atoms with E-state index in [1.807, 2.05) is 24.3 Å². The highest BCUT2D eigenvalue weighted by atomic mass is 32.2. The van der Waals surface area contributed by atoms with Crippen LogP contribution in [0.2, 0.25) is 0 Å². The van der Waals surface area contributed by atoms with E-state index in [9.17, 15) is 9.59 Å². The summed E-state index contributed by atoms with van der Waals surface area (Å²) in [5.41, 5.74) is 0.830. The fraction of sp³-hybridized carbons (Fsp3) is 0.385. The predicted octanol–water partition coefficient (Wildman–Crippen LogP) is 2.06. The van der Waals surface area contributed by atoms with Gasteiger partial charge in [0.15, 0.2) is 0 Å². The number of benzene rings is 1. The number of carboxylic acid groups (broad SMARTS) is 1. The highest BCUT2D eigenvalue weighted by Crippen LogP contribution is 2.29. The molecule has 1 amide bonds. The van der Waals surface area contributed by atoms with Gasteiger partial charge in [0.2, 0.25) is 5.91 Å². The number of nitrogens with zero attached hydrogens (tertiary/aromatic N) is 1. The van der Waals surface area contributed by atoms with Crippen molar-refractivity contribution in [2.45, 2.75) is 23.8 Å². The van der Waals surface area contributed by atoms with Crippen molar-refractivity contribution in [1.82, 2.24) is 4.90 Å². The van der Waals surface area contributed by atoms with Gasteiger partial charge < -0.3 is 10.0 Å². The Hall–Kier alpha value is -1.14. The van der Waals surface area contributed by atoms with E-state index < -0.39 is 12.0 Å². The number of carbonyl (C=O) groups excluding carboxylic acids is 1. The Morgan fingerprint density at radius 2 is 2.16 bits per heavy atom. The van der Waals surface area contributed by atoms with Gasteiger partial charge in [-0.1, -0.05) is 18.2 Å². The van der Waals surface area contributed by atoms with Gasteiger partial charge in [0.05, 0.1) is 11.8 Å². The summed E-state index contributed by atoms with van der Waals surface area (Å²) in [5, 5.41) is 9.12. The summed E-state index contributed by atoms with van der Waals surface area (Å²) in [7, 11) is 0. The molecule has 102 valence electrons. The monoisotopic (exact) mass is 297 g/mol. The number of carboxylic acids is 1. The summed E-state index contributed by atoms with van der Waals surface area (Å²) in [6.07, 6.45) is 0. The third-order valence-electron chi connectivity index (χ3n) is 3.22. The number of hydrogen-bond acceptors (Lipinski definition) is 4. The highest BCUT2D eigenvalue weighted by molar-refractivity contribution is 7.99. The van der Waals surface area contributed by atoms with Gasteiger partial charge >= 0.3 is 5.97 Å². The van der Waals surface area contributed by atoms with Crippen LogP contribution in [-0.2, 0) is 9.59 Å². The zero-order valence-corrected chi connectivity index (χ0v) is 12.2. The Labute approximate surface area is 121 Å². The fourth-order valence-electron chi connectivity index (χ4n) is 2.10. The molecule has 1 fully saturated rings. The Morgan fingerprint density at radius 3 is 2.79 bits per heavy atom. The first-order valence-corrected chi connectivity index (χ1v) is 7.51. The molecular formula is C13H15NO3S2. The van der Waals surface area contributed by atoms with Crippen LogP contribution >= 0.6 is 24.4 Å². The molecule has 4 nitrogen and oxygen atoms in total. The smallest absolute Gasteiger partial charge is 0.327 e. The zero-order chi connectivity index (χ0) is 14.0. The zero-order valence-electron chi connectivity index (χ0n) is 10.4. The lowest BCUT2D eigenvalue weighted by Gasteiger charge is -2.24. The van der Waals surface area contributed by atoms with Crippen LogP contribution in [0.3, 0.4) is 0 Å². The third kappa shape index (κ3) is 2.90.